The van der Waals surface area contributed by atoms with E-state index in [1.807, 2.05) is 12.1 Å². The van der Waals surface area contributed by atoms with Crippen LogP contribution in [0.15, 0.2) is 59.0 Å². The van der Waals surface area contributed by atoms with Crippen LogP contribution in [-0.2, 0) is 6.54 Å². The molecule has 1 heterocycles. The molecule has 0 radical (unpaired) electrons. The van der Waals surface area contributed by atoms with E-state index in [9.17, 15) is 9.59 Å². The number of furan rings is 1. The van der Waals surface area contributed by atoms with Crippen LogP contribution in [0.4, 0.5) is 0 Å². The van der Waals surface area contributed by atoms with E-state index in [4.69, 9.17) is 9.62 Å². The first-order valence-corrected chi connectivity index (χ1v) is 6.97. The molecule has 0 saturated carbocycles. The second-order valence-corrected chi connectivity index (χ2v) is 4.97. The summed E-state index contributed by atoms with van der Waals surface area (Å²) in [5, 5.41) is 12.2. The highest BCUT2D eigenvalue weighted by atomic mass is 16.5. The lowest BCUT2D eigenvalue weighted by atomic mass is 10.1. The number of hydrogen-bond acceptors (Lipinski definition) is 4. The molecule has 0 unspecified atom stereocenters. The topological polar surface area (TPSA) is 91.6 Å². The second kappa shape index (κ2) is 6.33. The Morgan fingerprint density at radius 1 is 1.00 bits per heavy atom. The van der Waals surface area contributed by atoms with Crippen molar-refractivity contribution in [1.29, 1.82) is 0 Å². The number of nitrogens with one attached hydrogen (secondary N) is 2. The molecule has 2 aromatic carbocycles. The van der Waals surface area contributed by atoms with E-state index in [-0.39, 0.29) is 11.7 Å². The Hall–Kier alpha value is -3.12. The minimum atomic E-state index is -0.708. The largest absolute Gasteiger partial charge is 0.451 e. The molecule has 2 amide bonds. The van der Waals surface area contributed by atoms with Gasteiger partial charge in [-0.2, -0.15) is 0 Å². The predicted molar refractivity (Wildman–Crippen MR) is 83.1 cm³/mol. The lowest BCUT2D eigenvalue weighted by molar-refractivity contribution is 0.0678. The fraction of sp³-hybridized carbons (Fsp3) is 0.0588. The maximum Gasteiger partial charge on any atom is 0.310 e. The highest BCUT2D eigenvalue weighted by Crippen LogP contribution is 2.21. The fourth-order valence-electron chi connectivity index (χ4n) is 2.24. The molecule has 0 spiro atoms. The fourth-order valence-corrected chi connectivity index (χ4v) is 2.24. The lowest BCUT2D eigenvalue weighted by Gasteiger charge is -2.05. The van der Waals surface area contributed by atoms with Crippen LogP contribution in [0.2, 0.25) is 0 Å². The molecule has 3 N–H and O–H groups in total. The van der Waals surface area contributed by atoms with Crippen molar-refractivity contribution in [2.24, 2.45) is 0 Å². The van der Waals surface area contributed by atoms with Crippen LogP contribution < -0.4 is 10.8 Å². The zero-order valence-corrected chi connectivity index (χ0v) is 12.1. The van der Waals surface area contributed by atoms with Crippen molar-refractivity contribution in [3.05, 3.63) is 71.5 Å². The van der Waals surface area contributed by atoms with Gasteiger partial charge in [0, 0.05) is 17.5 Å². The summed E-state index contributed by atoms with van der Waals surface area (Å²) in [5.74, 6) is -0.841. The van der Waals surface area contributed by atoms with Crippen LogP contribution in [0, 0.1) is 0 Å². The van der Waals surface area contributed by atoms with Gasteiger partial charge in [-0.15, -0.1) is 0 Å². The Morgan fingerprint density at radius 2 is 1.78 bits per heavy atom. The molecule has 0 aliphatic rings. The average molecular weight is 310 g/mol. The number of amides is 2. The standard InChI is InChI=1S/C17H14N2O4/c20-16(12-4-2-1-3-5-12)18-10-11-6-7-14-13(8-11)9-15(23-14)17(21)19-22/h1-9,22H,10H2,(H,18,20)(H,19,21). The zero-order chi connectivity index (χ0) is 16.2. The van der Waals surface area contributed by atoms with E-state index in [1.54, 1.807) is 36.4 Å². The van der Waals surface area contributed by atoms with Crippen LogP contribution >= 0.6 is 0 Å². The van der Waals surface area contributed by atoms with Crippen LogP contribution in [0.1, 0.15) is 26.5 Å². The van der Waals surface area contributed by atoms with Crippen molar-refractivity contribution in [2.75, 3.05) is 0 Å². The number of hydroxylamine groups is 1. The minimum Gasteiger partial charge on any atom is -0.451 e. The zero-order valence-electron chi connectivity index (χ0n) is 12.1. The Bertz CT molecular complexity index is 855. The molecule has 0 bridgehead atoms. The summed E-state index contributed by atoms with van der Waals surface area (Å²) in [5.41, 5.74) is 3.52. The maximum atomic E-state index is 12.0. The molecule has 6 heteroatoms. The van der Waals surface area contributed by atoms with Crippen molar-refractivity contribution in [3.8, 4) is 0 Å². The third-order valence-electron chi connectivity index (χ3n) is 3.40. The second-order valence-electron chi connectivity index (χ2n) is 4.97. The smallest absolute Gasteiger partial charge is 0.310 e. The molecular weight excluding hydrogens is 296 g/mol. The Kier molecular flexibility index (Phi) is 4.07. The number of hydrogen-bond donors (Lipinski definition) is 3. The number of fused-ring (bicyclic) bond motifs is 1. The molecule has 116 valence electrons. The van der Waals surface area contributed by atoms with Gasteiger partial charge < -0.3 is 9.73 Å². The van der Waals surface area contributed by atoms with E-state index in [2.05, 4.69) is 5.32 Å². The summed E-state index contributed by atoms with van der Waals surface area (Å²) < 4.78 is 5.31. The van der Waals surface area contributed by atoms with Gasteiger partial charge in [-0.1, -0.05) is 24.3 Å². The van der Waals surface area contributed by atoms with Gasteiger partial charge in [-0.25, -0.2) is 5.48 Å². The van der Waals surface area contributed by atoms with E-state index in [0.717, 1.165) is 10.9 Å². The summed E-state index contributed by atoms with van der Waals surface area (Å²) in [6.45, 7) is 0.358. The molecule has 0 saturated heterocycles. The average Bonchev–Trinajstić information content (AvgIpc) is 3.03. The van der Waals surface area contributed by atoms with Crippen molar-refractivity contribution >= 4 is 22.8 Å². The number of rotatable bonds is 4. The molecule has 0 aliphatic carbocycles. The molecule has 0 fully saturated rings. The van der Waals surface area contributed by atoms with Gasteiger partial charge >= 0.3 is 5.91 Å². The summed E-state index contributed by atoms with van der Waals surface area (Å²) in [6, 6.07) is 15.8. The molecule has 1 aromatic heterocycles. The molecule has 6 nitrogen and oxygen atoms in total. The predicted octanol–water partition coefficient (Wildman–Crippen LogP) is 2.48. The van der Waals surface area contributed by atoms with Crippen molar-refractivity contribution in [3.63, 3.8) is 0 Å². The Balaban J connectivity index is 1.73. The summed E-state index contributed by atoms with van der Waals surface area (Å²) in [4.78, 5) is 23.3. The van der Waals surface area contributed by atoms with E-state index >= 15 is 0 Å². The van der Waals surface area contributed by atoms with Gasteiger partial charge in [0.25, 0.3) is 5.91 Å². The summed E-state index contributed by atoms with van der Waals surface area (Å²) in [6.07, 6.45) is 0. The normalized spacial score (nSPS) is 10.5. The highest BCUT2D eigenvalue weighted by molar-refractivity contribution is 5.96. The molecule has 0 atom stereocenters. The molecule has 3 aromatic rings. The van der Waals surface area contributed by atoms with Gasteiger partial charge in [-0.05, 0) is 35.9 Å². The molecule has 23 heavy (non-hydrogen) atoms. The molecular formula is C17H14N2O4. The van der Waals surface area contributed by atoms with Crippen LogP contribution in [0.5, 0.6) is 0 Å². The molecule has 3 rings (SSSR count). The van der Waals surface area contributed by atoms with Gasteiger partial charge in [0.05, 0.1) is 0 Å². The monoisotopic (exact) mass is 310 g/mol. The first kappa shape index (κ1) is 14.8. The highest BCUT2D eigenvalue weighted by Gasteiger charge is 2.12. The van der Waals surface area contributed by atoms with Gasteiger partial charge in [-0.3, -0.25) is 14.8 Å². The SMILES string of the molecule is O=C(NCc1ccc2oc(C(=O)NO)cc2c1)c1ccccc1. The summed E-state index contributed by atoms with van der Waals surface area (Å²) >= 11 is 0. The number of benzene rings is 2. The Morgan fingerprint density at radius 3 is 2.52 bits per heavy atom. The minimum absolute atomic E-state index is 0.0213. The van der Waals surface area contributed by atoms with Crippen LogP contribution in [0.3, 0.4) is 0 Å². The third kappa shape index (κ3) is 3.22. The first-order valence-electron chi connectivity index (χ1n) is 6.97. The third-order valence-corrected chi connectivity index (χ3v) is 3.40. The van der Waals surface area contributed by atoms with Gasteiger partial charge in [0.15, 0.2) is 5.76 Å². The van der Waals surface area contributed by atoms with Crippen molar-refractivity contribution in [1.82, 2.24) is 10.8 Å². The lowest BCUT2D eigenvalue weighted by Crippen LogP contribution is -2.22. The van der Waals surface area contributed by atoms with E-state index in [1.165, 1.54) is 11.5 Å². The maximum absolute atomic E-state index is 12.0. The van der Waals surface area contributed by atoms with Crippen LogP contribution in [-0.4, -0.2) is 17.0 Å². The van der Waals surface area contributed by atoms with E-state index < -0.39 is 5.91 Å². The first-order chi connectivity index (χ1) is 11.2. The van der Waals surface area contributed by atoms with Crippen molar-refractivity contribution < 1.29 is 19.2 Å². The van der Waals surface area contributed by atoms with Gasteiger partial charge in [0.1, 0.15) is 5.58 Å². The number of carbonyl (C=O) groups excluding carboxylic acids is 2. The van der Waals surface area contributed by atoms with Gasteiger partial charge in [0.2, 0.25) is 0 Å². The Labute approximate surface area is 131 Å². The van der Waals surface area contributed by atoms with Crippen LogP contribution in [0.25, 0.3) is 11.0 Å². The van der Waals surface area contributed by atoms with Crippen molar-refractivity contribution in [2.45, 2.75) is 6.54 Å². The van der Waals surface area contributed by atoms with E-state index in [0.29, 0.717) is 17.7 Å². The quantitative estimate of drug-likeness (QED) is 0.510. The summed E-state index contributed by atoms with van der Waals surface area (Å²) in [7, 11) is 0. The number of carbonyl (C=O) groups is 2. The molecule has 0 aliphatic heterocycles.